The maximum absolute atomic E-state index is 12.7. The molecule has 0 amide bonds. The Kier molecular flexibility index (Phi) is 5.63. The van der Waals surface area contributed by atoms with E-state index in [2.05, 4.69) is 14.5 Å². The zero-order chi connectivity index (χ0) is 18.5. The van der Waals surface area contributed by atoms with E-state index in [1.807, 2.05) is 44.2 Å². The Balaban J connectivity index is 1.73. The lowest BCUT2D eigenvalue weighted by molar-refractivity contribution is 0.0918. The molecule has 3 rings (SSSR count). The highest BCUT2D eigenvalue weighted by Gasteiger charge is 2.17. The van der Waals surface area contributed by atoms with Crippen molar-refractivity contribution in [3.8, 4) is 5.88 Å². The van der Waals surface area contributed by atoms with Gasteiger partial charge in [0.1, 0.15) is 6.33 Å². The van der Waals surface area contributed by atoms with Crippen LogP contribution < -0.4 is 4.74 Å². The fourth-order valence-electron chi connectivity index (χ4n) is 3.10. The first kappa shape index (κ1) is 18.1. The van der Waals surface area contributed by atoms with E-state index in [1.54, 1.807) is 7.11 Å². The van der Waals surface area contributed by atoms with Crippen LogP contribution in [0.4, 0.5) is 0 Å². The van der Waals surface area contributed by atoms with Crippen molar-refractivity contribution in [2.24, 2.45) is 0 Å². The van der Waals surface area contributed by atoms with Crippen molar-refractivity contribution in [2.75, 3.05) is 20.3 Å². The molecule has 0 spiro atoms. The molecule has 0 atom stereocenters. The van der Waals surface area contributed by atoms with E-state index in [9.17, 15) is 4.79 Å². The van der Waals surface area contributed by atoms with Crippen LogP contribution in [-0.4, -0.2) is 40.6 Å². The van der Waals surface area contributed by atoms with Crippen molar-refractivity contribution in [3.05, 3.63) is 53.6 Å². The van der Waals surface area contributed by atoms with Gasteiger partial charge in [-0.05, 0) is 38.5 Å². The molecule has 1 aromatic carbocycles. The zero-order valence-corrected chi connectivity index (χ0v) is 15.4. The van der Waals surface area contributed by atoms with Gasteiger partial charge >= 0.3 is 0 Å². The van der Waals surface area contributed by atoms with Crippen molar-refractivity contribution < 1.29 is 14.3 Å². The summed E-state index contributed by atoms with van der Waals surface area (Å²) in [6, 6.07) is 9.50. The molecule has 0 aliphatic rings. The number of aromatic nitrogens is 3. The molecule has 26 heavy (non-hydrogen) atoms. The predicted octanol–water partition coefficient (Wildman–Crippen LogP) is 3.35. The monoisotopic (exact) mass is 353 g/mol. The van der Waals surface area contributed by atoms with Gasteiger partial charge in [-0.15, -0.1) is 0 Å². The quantitative estimate of drug-likeness (QED) is 0.459. The van der Waals surface area contributed by atoms with Crippen LogP contribution in [0.15, 0.2) is 36.7 Å². The number of fused-ring (bicyclic) bond motifs is 1. The summed E-state index contributed by atoms with van der Waals surface area (Å²) in [7, 11) is 1.69. The summed E-state index contributed by atoms with van der Waals surface area (Å²) in [5.74, 6) is 0.372. The van der Waals surface area contributed by atoms with Gasteiger partial charge in [0, 0.05) is 37.2 Å². The maximum atomic E-state index is 12.7. The smallest absolute Gasteiger partial charge is 0.224 e. The molecule has 0 saturated heterocycles. The predicted molar refractivity (Wildman–Crippen MR) is 99.8 cm³/mol. The molecule has 2 aromatic heterocycles. The Labute approximate surface area is 152 Å². The SMILES string of the molecule is COCCCn1c(C)cc(C(=O)COc2ncnc3ccccc23)c1C. The van der Waals surface area contributed by atoms with Crippen LogP contribution in [-0.2, 0) is 11.3 Å². The molecule has 0 aliphatic heterocycles. The first-order chi connectivity index (χ1) is 12.6. The minimum Gasteiger partial charge on any atom is -0.469 e. The Morgan fingerprint density at radius 1 is 1.19 bits per heavy atom. The third-order valence-electron chi connectivity index (χ3n) is 4.45. The zero-order valence-electron chi connectivity index (χ0n) is 15.4. The molecule has 0 radical (unpaired) electrons. The number of carbonyl (C=O) groups excluding carboxylic acids is 1. The molecule has 6 heteroatoms. The molecule has 0 aliphatic carbocycles. The van der Waals surface area contributed by atoms with E-state index in [-0.39, 0.29) is 12.4 Å². The summed E-state index contributed by atoms with van der Waals surface area (Å²) in [5.41, 5.74) is 3.51. The Bertz CT molecular complexity index is 913. The largest absolute Gasteiger partial charge is 0.469 e. The van der Waals surface area contributed by atoms with Gasteiger partial charge in [-0.3, -0.25) is 4.79 Å². The maximum Gasteiger partial charge on any atom is 0.224 e. The van der Waals surface area contributed by atoms with Gasteiger partial charge in [0.25, 0.3) is 0 Å². The molecule has 0 unspecified atom stereocenters. The number of rotatable bonds is 8. The lowest BCUT2D eigenvalue weighted by atomic mass is 10.1. The number of methoxy groups -OCH3 is 1. The number of nitrogens with zero attached hydrogens (tertiary/aromatic N) is 3. The Morgan fingerprint density at radius 3 is 2.81 bits per heavy atom. The van der Waals surface area contributed by atoms with E-state index < -0.39 is 0 Å². The number of ether oxygens (including phenoxy) is 2. The average molecular weight is 353 g/mol. The Hall–Kier alpha value is -2.73. The topological polar surface area (TPSA) is 66.2 Å². The molecule has 0 fully saturated rings. The number of hydrogen-bond acceptors (Lipinski definition) is 5. The standard InChI is InChI=1S/C20H23N3O3/c1-14-11-17(15(2)23(14)9-6-10-25-3)19(24)12-26-20-16-7-4-5-8-18(16)21-13-22-20/h4-5,7-8,11,13H,6,9-10,12H2,1-3H3. The van der Waals surface area contributed by atoms with Crippen molar-refractivity contribution in [3.63, 3.8) is 0 Å². The van der Waals surface area contributed by atoms with Crippen LogP contribution in [0, 0.1) is 13.8 Å². The van der Waals surface area contributed by atoms with E-state index in [1.165, 1.54) is 6.33 Å². The molecule has 136 valence electrons. The second-order valence-corrected chi connectivity index (χ2v) is 6.19. The summed E-state index contributed by atoms with van der Waals surface area (Å²) in [6.07, 6.45) is 2.35. The normalized spacial score (nSPS) is 11.0. The summed E-state index contributed by atoms with van der Waals surface area (Å²) in [4.78, 5) is 21.0. The molecular formula is C20H23N3O3. The van der Waals surface area contributed by atoms with E-state index in [0.29, 0.717) is 18.1 Å². The van der Waals surface area contributed by atoms with E-state index in [0.717, 1.165) is 35.3 Å². The number of para-hydroxylation sites is 1. The first-order valence-corrected chi connectivity index (χ1v) is 8.63. The van der Waals surface area contributed by atoms with Gasteiger partial charge in [-0.1, -0.05) is 12.1 Å². The van der Waals surface area contributed by atoms with Crippen molar-refractivity contribution >= 4 is 16.7 Å². The highest BCUT2D eigenvalue weighted by atomic mass is 16.5. The fourth-order valence-corrected chi connectivity index (χ4v) is 3.10. The molecule has 2 heterocycles. The van der Waals surface area contributed by atoms with E-state index in [4.69, 9.17) is 9.47 Å². The fraction of sp³-hybridized carbons (Fsp3) is 0.350. The molecule has 0 saturated carbocycles. The molecule has 0 bridgehead atoms. The van der Waals surface area contributed by atoms with Crippen LogP contribution in [0.5, 0.6) is 5.88 Å². The molecule has 6 nitrogen and oxygen atoms in total. The lowest BCUT2D eigenvalue weighted by Gasteiger charge is -2.10. The van der Waals surface area contributed by atoms with Gasteiger partial charge < -0.3 is 14.0 Å². The van der Waals surface area contributed by atoms with E-state index >= 15 is 0 Å². The molecule has 0 N–H and O–H groups in total. The van der Waals surface area contributed by atoms with Crippen LogP contribution in [0.1, 0.15) is 28.2 Å². The number of aryl methyl sites for hydroxylation is 1. The number of carbonyl (C=O) groups is 1. The van der Waals surface area contributed by atoms with Gasteiger partial charge in [-0.25, -0.2) is 9.97 Å². The molecule has 3 aromatic rings. The number of benzene rings is 1. The second-order valence-electron chi connectivity index (χ2n) is 6.19. The molecular weight excluding hydrogens is 330 g/mol. The van der Waals surface area contributed by atoms with Gasteiger partial charge in [-0.2, -0.15) is 0 Å². The summed E-state index contributed by atoms with van der Waals surface area (Å²) in [6.45, 7) is 5.45. The summed E-state index contributed by atoms with van der Waals surface area (Å²) >= 11 is 0. The minimum absolute atomic E-state index is 0.0522. The van der Waals surface area contributed by atoms with Crippen LogP contribution in [0.25, 0.3) is 10.9 Å². The first-order valence-electron chi connectivity index (χ1n) is 8.63. The summed E-state index contributed by atoms with van der Waals surface area (Å²) < 4.78 is 13.0. The number of hydrogen-bond donors (Lipinski definition) is 0. The van der Waals surface area contributed by atoms with Crippen LogP contribution in [0.3, 0.4) is 0 Å². The Morgan fingerprint density at radius 2 is 2.00 bits per heavy atom. The van der Waals surface area contributed by atoms with Crippen LogP contribution in [0.2, 0.25) is 0 Å². The summed E-state index contributed by atoms with van der Waals surface area (Å²) in [5, 5.41) is 0.799. The van der Waals surface area contributed by atoms with Gasteiger partial charge in [0.05, 0.1) is 10.9 Å². The third-order valence-corrected chi connectivity index (χ3v) is 4.45. The highest BCUT2D eigenvalue weighted by molar-refractivity contribution is 5.98. The van der Waals surface area contributed by atoms with Crippen molar-refractivity contribution in [1.29, 1.82) is 0 Å². The minimum atomic E-state index is -0.0567. The third kappa shape index (κ3) is 3.75. The van der Waals surface area contributed by atoms with Crippen LogP contribution >= 0.6 is 0 Å². The highest BCUT2D eigenvalue weighted by Crippen LogP contribution is 2.21. The van der Waals surface area contributed by atoms with Gasteiger partial charge in [0.15, 0.2) is 6.61 Å². The van der Waals surface area contributed by atoms with Gasteiger partial charge in [0.2, 0.25) is 11.7 Å². The average Bonchev–Trinajstić information content (AvgIpc) is 2.94. The lowest BCUT2D eigenvalue weighted by Crippen LogP contribution is -2.14. The number of Topliss-reactive ketones (excluding diaryl/α,β-unsaturated/α-hetero) is 1. The number of ketones is 1. The van der Waals surface area contributed by atoms with Crippen molar-refractivity contribution in [1.82, 2.24) is 14.5 Å². The van der Waals surface area contributed by atoms with Crippen molar-refractivity contribution in [2.45, 2.75) is 26.8 Å². The second kappa shape index (κ2) is 8.10.